The highest BCUT2D eigenvalue weighted by molar-refractivity contribution is 7.91. The zero-order chi connectivity index (χ0) is 22.1. The summed E-state index contributed by atoms with van der Waals surface area (Å²) in [6.07, 6.45) is -1.45. The fourth-order valence-electron chi connectivity index (χ4n) is 4.08. The highest BCUT2D eigenvalue weighted by atomic mass is 32.2. The molecule has 1 amide bonds. The third-order valence-corrected chi connectivity index (χ3v) is 7.19. The minimum atomic E-state index is -4.91. The quantitative estimate of drug-likeness (QED) is 0.487. The molecule has 1 aliphatic carbocycles. The molecule has 30 heavy (non-hydrogen) atoms. The van der Waals surface area contributed by atoms with Gasteiger partial charge in [-0.25, -0.2) is 8.42 Å². The zero-order valence-corrected chi connectivity index (χ0v) is 16.7. The number of nitro groups is 1. The van der Waals surface area contributed by atoms with Gasteiger partial charge < -0.3 is 9.64 Å². The average Bonchev–Trinajstić information content (AvgIpc) is 3.29. The van der Waals surface area contributed by atoms with Gasteiger partial charge in [0.15, 0.2) is 16.4 Å². The van der Waals surface area contributed by atoms with Gasteiger partial charge in [-0.1, -0.05) is 12.8 Å². The number of benzene rings is 1. The second kappa shape index (κ2) is 8.40. The molecule has 12 heteroatoms. The monoisotopic (exact) mass is 450 g/mol. The molecule has 1 heterocycles. The Hall–Kier alpha value is -2.37. The third-order valence-electron chi connectivity index (χ3n) is 5.44. The number of nitro benzene ring substituents is 1. The Morgan fingerprint density at radius 1 is 1.20 bits per heavy atom. The van der Waals surface area contributed by atoms with E-state index in [1.807, 2.05) is 0 Å². The summed E-state index contributed by atoms with van der Waals surface area (Å²) >= 11 is 0. The molecule has 1 unspecified atom stereocenters. The molecule has 1 saturated carbocycles. The van der Waals surface area contributed by atoms with Crippen LogP contribution >= 0.6 is 0 Å². The number of sulfone groups is 1. The third kappa shape index (κ3) is 5.02. The van der Waals surface area contributed by atoms with Gasteiger partial charge in [0.25, 0.3) is 11.6 Å². The first kappa shape index (κ1) is 22.3. The molecule has 8 nitrogen and oxygen atoms in total. The molecule has 2 aliphatic rings. The number of hydrogen-bond donors (Lipinski definition) is 0. The van der Waals surface area contributed by atoms with E-state index >= 15 is 0 Å². The first-order valence-corrected chi connectivity index (χ1v) is 11.3. The summed E-state index contributed by atoms with van der Waals surface area (Å²) < 4.78 is 68.7. The number of non-ortho nitro benzene ring substituents is 1. The van der Waals surface area contributed by atoms with E-state index in [9.17, 15) is 36.5 Å². The Labute approximate surface area is 171 Å². The predicted octanol–water partition coefficient (Wildman–Crippen LogP) is 2.95. The summed E-state index contributed by atoms with van der Waals surface area (Å²) in [5, 5.41) is 10.8. The highest BCUT2D eigenvalue weighted by Crippen LogP contribution is 2.38. The van der Waals surface area contributed by atoms with Crippen LogP contribution in [0.2, 0.25) is 0 Å². The van der Waals surface area contributed by atoms with Crippen LogP contribution in [-0.2, 0) is 20.8 Å². The Balaban J connectivity index is 1.79. The van der Waals surface area contributed by atoms with Crippen LogP contribution in [0.3, 0.4) is 0 Å². The maximum Gasteiger partial charge on any atom is 0.420 e. The van der Waals surface area contributed by atoms with Crippen molar-refractivity contribution in [2.45, 2.75) is 50.4 Å². The molecule has 0 spiro atoms. The van der Waals surface area contributed by atoms with Crippen molar-refractivity contribution in [1.29, 1.82) is 0 Å². The largest absolute Gasteiger partial charge is 0.483 e. The molecule has 0 bridgehead atoms. The number of rotatable bonds is 6. The molecule has 1 aliphatic heterocycles. The predicted molar refractivity (Wildman–Crippen MR) is 99.8 cm³/mol. The summed E-state index contributed by atoms with van der Waals surface area (Å²) in [6, 6.07) is 1.35. The second-order valence-corrected chi connectivity index (χ2v) is 9.75. The molecule has 1 saturated heterocycles. The van der Waals surface area contributed by atoms with Gasteiger partial charge in [-0.3, -0.25) is 14.9 Å². The van der Waals surface area contributed by atoms with Crippen molar-refractivity contribution in [3.63, 3.8) is 0 Å². The highest BCUT2D eigenvalue weighted by Gasteiger charge is 2.40. The van der Waals surface area contributed by atoms with E-state index < -0.39 is 56.5 Å². The van der Waals surface area contributed by atoms with Crippen molar-refractivity contribution in [2.24, 2.45) is 0 Å². The smallest absolute Gasteiger partial charge is 0.420 e. The van der Waals surface area contributed by atoms with E-state index in [0.29, 0.717) is 18.9 Å². The zero-order valence-electron chi connectivity index (χ0n) is 15.9. The van der Waals surface area contributed by atoms with Crippen molar-refractivity contribution in [2.75, 3.05) is 18.1 Å². The summed E-state index contributed by atoms with van der Waals surface area (Å²) in [6.45, 7) is -0.714. The lowest BCUT2D eigenvalue weighted by atomic mass is 10.1. The molecule has 0 N–H and O–H groups in total. The van der Waals surface area contributed by atoms with Gasteiger partial charge in [0, 0.05) is 24.2 Å². The first-order valence-electron chi connectivity index (χ1n) is 9.48. The van der Waals surface area contributed by atoms with Crippen LogP contribution in [0.1, 0.15) is 37.7 Å². The topological polar surface area (TPSA) is 107 Å². The van der Waals surface area contributed by atoms with Crippen LogP contribution in [0.5, 0.6) is 5.75 Å². The van der Waals surface area contributed by atoms with Crippen molar-refractivity contribution >= 4 is 21.4 Å². The summed E-state index contributed by atoms with van der Waals surface area (Å²) in [5.41, 5.74) is -2.09. The number of hydrogen-bond acceptors (Lipinski definition) is 6. The fourth-order valence-corrected chi connectivity index (χ4v) is 5.79. The minimum Gasteiger partial charge on any atom is -0.483 e. The van der Waals surface area contributed by atoms with Crippen LogP contribution in [0.25, 0.3) is 0 Å². The van der Waals surface area contributed by atoms with Crippen LogP contribution in [-0.4, -0.2) is 54.3 Å². The van der Waals surface area contributed by atoms with E-state index in [2.05, 4.69) is 0 Å². The summed E-state index contributed by atoms with van der Waals surface area (Å²) in [4.78, 5) is 24.2. The molecule has 0 aromatic heterocycles. The van der Waals surface area contributed by atoms with Crippen LogP contribution in [0, 0.1) is 10.1 Å². The Morgan fingerprint density at radius 3 is 2.40 bits per heavy atom. The molecular formula is C18H21F3N2O6S. The van der Waals surface area contributed by atoms with Gasteiger partial charge in [-0.2, -0.15) is 13.2 Å². The van der Waals surface area contributed by atoms with E-state index in [1.165, 1.54) is 4.90 Å². The standard InChI is InChI=1S/C18H21F3N2O6S/c19-18(20,21)15-9-13(23(25)26)5-6-16(15)29-10-17(24)22(12-3-1-2-4-12)14-7-8-30(27,28)11-14/h5-6,9,12,14H,1-4,7-8,10-11H2. The van der Waals surface area contributed by atoms with Crippen molar-refractivity contribution < 1.29 is 36.0 Å². The lowest BCUT2D eigenvalue weighted by Crippen LogP contribution is -2.48. The molecule has 0 radical (unpaired) electrons. The normalized spacial score (nSPS) is 21.5. The van der Waals surface area contributed by atoms with Crippen molar-refractivity contribution in [1.82, 2.24) is 4.90 Å². The molecule has 1 atom stereocenters. The van der Waals surface area contributed by atoms with Crippen LogP contribution in [0.4, 0.5) is 18.9 Å². The Bertz CT molecular complexity index is 928. The second-order valence-electron chi connectivity index (χ2n) is 7.52. The van der Waals surface area contributed by atoms with Gasteiger partial charge >= 0.3 is 6.18 Å². The van der Waals surface area contributed by atoms with E-state index in [1.54, 1.807) is 0 Å². The number of carbonyl (C=O) groups excluding carboxylic acids is 1. The number of alkyl halides is 3. The lowest BCUT2D eigenvalue weighted by molar-refractivity contribution is -0.385. The molecule has 1 aromatic rings. The van der Waals surface area contributed by atoms with E-state index in [0.717, 1.165) is 25.0 Å². The molecule has 3 rings (SSSR count). The Morgan fingerprint density at radius 2 is 1.87 bits per heavy atom. The number of halogens is 3. The number of carbonyl (C=O) groups is 1. The van der Waals surface area contributed by atoms with Crippen molar-refractivity contribution in [3.05, 3.63) is 33.9 Å². The van der Waals surface area contributed by atoms with Crippen molar-refractivity contribution in [3.8, 4) is 5.75 Å². The maximum atomic E-state index is 13.3. The SMILES string of the molecule is O=C(COc1ccc([N+](=O)[O-])cc1C(F)(F)F)N(C1CCCC1)C1CCS(=O)(=O)C1. The molecule has 1 aromatic carbocycles. The van der Waals surface area contributed by atoms with Gasteiger partial charge in [0.1, 0.15) is 11.3 Å². The van der Waals surface area contributed by atoms with Gasteiger partial charge in [0.05, 0.1) is 16.4 Å². The Kier molecular flexibility index (Phi) is 6.25. The van der Waals surface area contributed by atoms with Gasteiger partial charge in [-0.15, -0.1) is 0 Å². The lowest BCUT2D eigenvalue weighted by Gasteiger charge is -2.34. The van der Waals surface area contributed by atoms with Crippen LogP contribution < -0.4 is 4.74 Å². The maximum absolute atomic E-state index is 13.3. The van der Waals surface area contributed by atoms with Gasteiger partial charge in [-0.05, 0) is 25.3 Å². The van der Waals surface area contributed by atoms with E-state index in [4.69, 9.17) is 4.74 Å². The number of amides is 1. The summed E-state index contributed by atoms with van der Waals surface area (Å²) in [7, 11) is -3.26. The fraction of sp³-hybridized carbons (Fsp3) is 0.611. The molecular weight excluding hydrogens is 429 g/mol. The first-order chi connectivity index (χ1) is 14.0. The minimum absolute atomic E-state index is 0.0321. The van der Waals surface area contributed by atoms with E-state index in [-0.39, 0.29) is 24.0 Å². The van der Waals surface area contributed by atoms with Crippen LogP contribution in [0.15, 0.2) is 18.2 Å². The average molecular weight is 450 g/mol. The molecule has 2 fully saturated rings. The number of nitrogens with zero attached hydrogens (tertiary/aromatic N) is 2. The summed E-state index contributed by atoms with van der Waals surface area (Å²) in [5.74, 6) is -1.47. The number of ether oxygens (including phenoxy) is 1. The van der Waals surface area contributed by atoms with Gasteiger partial charge in [0.2, 0.25) is 0 Å². The molecule has 166 valence electrons.